The van der Waals surface area contributed by atoms with Crippen molar-refractivity contribution in [3.63, 3.8) is 0 Å². The van der Waals surface area contributed by atoms with Gasteiger partial charge in [0.05, 0.1) is 29.5 Å². The summed E-state index contributed by atoms with van der Waals surface area (Å²) < 4.78 is 6.65. The van der Waals surface area contributed by atoms with Gasteiger partial charge in [0.15, 0.2) is 5.16 Å². The van der Waals surface area contributed by atoms with Crippen LogP contribution in [-0.4, -0.2) is 34.3 Å². The zero-order valence-electron chi connectivity index (χ0n) is 14.6. The summed E-state index contributed by atoms with van der Waals surface area (Å²) in [7, 11) is 3.29. The number of carbonyl (C=O) groups excluding carboxylic acids is 2. The minimum Gasteiger partial charge on any atom is -0.465 e. The Morgan fingerprint density at radius 1 is 1.15 bits per heavy atom. The highest BCUT2D eigenvalue weighted by Gasteiger charge is 2.10. The number of thioether (sulfide) groups is 1. The Labute approximate surface area is 155 Å². The SMILES string of the molecule is COC(=O)c1ccc(CNC(=O)CSc2nc3ccccc3n2C)cc1. The second kappa shape index (κ2) is 8.05. The van der Waals surface area contributed by atoms with E-state index in [-0.39, 0.29) is 17.6 Å². The summed E-state index contributed by atoms with van der Waals surface area (Å²) in [5.41, 5.74) is 3.36. The predicted octanol–water partition coefficient (Wildman–Crippen LogP) is 2.77. The second-order valence-corrected chi connectivity index (χ2v) is 6.64. The molecule has 0 atom stereocenters. The van der Waals surface area contributed by atoms with Gasteiger partial charge in [-0.2, -0.15) is 0 Å². The first-order valence-corrected chi connectivity index (χ1v) is 9.05. The van der Waals surface area contributed by atoms with Crippen LogP contribution in [-0.2, 0) is 23.1 Å². The molecule has 3 rings (SSSR count). The molecule has 0 fully saturated rings. The Balaban J connectivity index is 1.52. The zero-order valence-corrected chi connectivity index (χ0v) is 15.4. The molecule has 6 nitrogen and oxygen atoms in total. The van der Waals surface area contributed by atoms with Crippen LogP contribution in [0, 0.1) is 0 Å². The van der Waals surface area contributed by atoms with E-state index in [0.717, 1.165) is 21.8 Å². The highest BCUT2D eigenvalue weighted by Crippen LogP contribution is 2.22. The molecule has 0 radical (unpaired) electrons. The second-order valence-electron chi connectivity index (χ2n) is 5.70. The number of ether oxygens (including phenoxy) is 1. The Bertz CT molecular complexity index is 935. The third kappa shape index (κ3) is 4.05. The van der Waals surface area contributed by atoms with E-state index in [1.54, 1.807) is 24.3 Å². The number of fused-ring (bicyclic) bond motifs is 1. The maximum atomic E-state index is 12.1. The van der Waals surface area contributed by atoms with Crippen LogP contribution in [0.25, 0.3) is 11.0 Å². The molecular formula is C19H19N3O3S. The molecule has 2 aromatic carbocycles. The maximum Gasteiger partial charge on any atom is 0.337 e. The van der Waals surface area contributed by atoms with Crippen molar-refractivity contribution in [3.8, 4) is 0 Å². The van der Waals surface area contributed by atoms with Gasteiger partial charge in [0.2, 0.25) is 5.91 Å². The number of nitrogens with one attached hydrogen (secondary N) is 1. The van der Waals surface area contributed by atoms with E-state index in [0.29, 0.717) is 12.1 Å². The van der Waals surface area contributed by atoms with Crippen LogP contribution in [0.5, 0.6) is 0 Å². The lowest BCUT2D eigenvalue weighted by atomic mass is 10.1. The fourth-order valence-electron chi connectivity index (χ4n) is 2.51. The molecule has 3 aromatic rings. The van der Waals surface area contributed by atoms with Crippen molar-refractivity contribution >= 4 is 34.7 Å². The van der Waals surface area contributed by atoms with Crippen molar-refractivity contribution in [3.05, 3.63) is 59.7 Å². The van der Waals surface area contributed by atoms with Gasteiger partial charge in [-0.25, -0.2) is 9.78 Å². The first-order chi connectivity index (χ1) is 12.6. The minimum atomic E-state index is -0.376. The molecule has 1 aromatic heterocycles. The summed E-state index contributed by atoms with van der Waals surface area (Å²) in [4.78, 5) is 28.0. The van der Waals surface area contributed by atoms with E-state index >= 15 is 0 Å². The number of para-hydroxylation sites is 2. The van der Waals surface area contributed by atoms with Crippen LogP contribution in [0.3, 0.4) is 0 Å². The van der Waals surface area contributed by atoms with Crippen molar-refractivity contribution in [2.75, 3.05) is 12.9 Å². The van der Waals surface area contributed by atoms with Gasteiger partial charge in [-0.15, -0.1) is 0 Å². The third-order valence-electron chi connectivity index (χ3n) is 3.94. The molecule has 1 heterocycles. The lowest BCUT2D eigenvalue weighted by molar-refractivity contribution is -0.118. The topological polar surface area (TPSA) is 73.2 Å². The van der Waals surface area contributed by atoms with Gasteiger partial charge in [0.25, 0.3) is 0 Å². The molecule has 0 bridgehead atoms. The fourth-order valence-corrected chi connectivity index (χ4v) is 3.33. The van der Waals surface area contributed by atoms with Gasteiger partial charge < -0.3 is 14.6 Å². The number of imidazole rings is 1. The Hall–Kier alpha value is -2.80. The van der Waals surface area contributed by atoms with E-state index in [1.165, 1.54) is 18.9 Å². The summed E-state index contributed by atoms with van der Waals surface area (Å²) in [5, 5.41) is 3.68. The molecule has 0 aliphatic carbocycles. The van der Waals surface area contributed by atoms with Gasteiger partial charge in [-0.05, 0) is 29.8 Å². The van der Waals surface area contributed by atoms with Crippen LogP contribution in [0.1, 0.15) is 15.9 Å². The molecule has 0 unspecified atom stereocenters. The van der Waals surface area contributed by atoms with Gasteiger partial charge in [-0.3, -0.25) is 4.79 Å². The summed E-state index contributed by atoms with van der Waals surface area (Å²) >= 11 is 1.40. The van der Waals surface area contributed by atoms with Gasteiger partial charge in [-0.1, -0.05) is 36.0 Å². The number of hydrogen-bond donors (Lipinski definition) is 1. The largest absolute Gasteiger partial charge is 0.465 e. The zero-order chi connectivity index (χ0) is 18.5. The lowest BCUT2D eigenvalue weighted by Crippen LogP contribution is -2.24. The smallest absolute Gasteiger partial charge is 0.337 e. The molecule has 134 valence electrons. The average Bonchev–Trinajstić information content (AvgIpc) is 3.00. The standard InChI is InChI=1S/C19H19N3O3S/c1-22-16-6-4-3-5-15(16)21-19(22)26-12-17(23)20-11-13-7-9-14(10-8-13)18(24)25-2/h3-10H,11-12H2,1-2H3,(H,20,23). The van der Waals surface area contributed by atoms with E-state index in [4.69, 9.17) is 0 Å². The van der Waals surface area contributed by atoms with Crippen molar-refractivity contribution in [2.24, 2.45) is 7.05 Å². The molecule has 0 aliphatic heterocycles. The number of carbonyl (C=O) groups is 2. The molecule has 7 heteroatoms. The number of rotatable bonds is 6. The normalized spacial score (nSPS) is 10.7. The van der Waals surface area contributed by atoms with Crippen molar-refractivity contribution in [1.29, 1.82) is 0 Å². The quantitative estimate of drug-likeness (QED) is 0.534. The van der Waals surface area contributed by atoms with Crippen LogP contribution in [0.4, 0.5) is 0 Å². The van der Waals surface area contributed by atoms with E-state index in [2.05, 4.69) is 15.0 Å². The van der Waals surface area contributed by atoms with Gasteiger partial charge >= 0.3 is 5.97 Å². The van der Waals surface area contributed by atoms with Crippen LogP contribution in [0.15, 0.2) is 53.7 Å². The number of esters is 1. The number of aryl methyl sites for hydroxylation is 1. The highest BCUT2D eigenvalue weighted by atomic mass is 32.2. The highest BCUT2D eigenvalue weighted by molar-refractivity contribution is 7.99. The maximum absolute atomic E-state index is 12.1. The van der Waals surface area contributed by atoms with Crippen LogP contribution < -0.4 is 5.32 Å². The number of methoxy groups -OCH3 is 1. The van der Waals surface area contributed by atoms with Gasteiger partial charge in [0.1, 0.15) is 0 Å². The minimum absolute atomic E-state index is 0.0703. The Morgan fingerprint density at radius 3 is 2.58 bits per heavy atom. The van der Waals surface area contributed by atoms with Crippen molar-refractivity contribution in [2.45, 2.75) is 11.7 Å². The van der Waals surface area contributed by atoms with E-state index in [9.17, 15) is 9.59 Å². The first-order valence-electron chi connectivity index (χ1n) is 8.06. The lowest BCUT2D eigenvalue weighted by Gasteiger charge is -2.06. The molecule has 0 aliphatic rings. The summed E-state index contributed by atoms with van der Waals surface area (Å²) in [6.45, 7) is 0.406. The molecule has 0 saturated heterocycles. The molecular weight excluding hydrogens is 350 g/mol. The number of hydrogen-bond acceptors (Lipinski definition) is 5. The predicted molar refractivity (Wildman–Crippen MR) is 101 cm³/mol. The monoisotopic (exact) mass is 369 g/mol. The Kier molecular flexibility index (Phi) is 5.58. The van der Waals surface area contributed by atoms with E-state index in [1.807, 2.05) is 35.9 Å². The van der Waals surface area contributed by atoms with Crippen LogP contribution >= 0.6 is 11.8 Å². The summed E-state index contributed by atoms with van der Waals surface area (Å²) in [6.07, 6.45) is 0. The third-order valence-corrected chi connectivity index (χ3v) is 4.97. The number of amides is 1. The number of aromatic nitrogens is 2. The molecule has 1 N–H and O–H groups in total. The molecule has 0 saturated carbocycles. The average molecular weight is 369 g/mol. The van der Waals surface area contributed by atoms with Gasteiger partial charge in [0, 0.05) is 13.6 Å². The molecule has 1 amide bonds. The Morgan fingerprint density at radius 2 is 1.88 bits per heavy atom. The number of benzene rings is 2. The summed E-state index contributed by atoms with van der Waals surface area (Å²) in [6, 6.07) is 14.8. The van der Waals surface area contributed by atoms with Crippen molar-refractivity contribution < 1.29 is 14.3 Å². The molecule has 26 heavy (non-hydrogen) atoms. The van der Waals surface area contributed by atoms with E-state index < -0.39 is 0 Å². The summed E-state index contributed by atoms with van der Waals surface area (Å²) in [5.74, 6) is -0.157. The number of nitrogens with zero attached hydrogens (tertiary/aromatic N) is 2. The molecule has 0 spiro atoms. The first kappa shape index (κ1) is 18.0. The van der Waals surface area contributed by atoms with Crippen molar-refractivity contribution in [1.82, 2.24) is 14.9 Å². The fraction of sp³-hybridized carbons (Fsp3) is 0.211. The van der Waals surface area contributed by atoms with Crippen LogP contribution in [0.2, 0.25) is 0 Å².